The molecule has 1 heterocycles. The van der Waals surface area contributed by atoms with E-state index in [-0.39, 0.29) is 18.6 Å². The molecule has 2 aromatic rings. The van der Waals surface area contributed by atoms with Crippen LogP contribution >= 0.6 is 0 Å². The first-order valence-electron chi connectivity index (χ1n) is 10.8. The van der Waals surface area contributed by atoms with Gasteiger partial charge >= 0.3 is 5.97 Å². The maximum Gasteiger partial charge on any atom is 0.321 e. The standard InChI is InChI=1S/C25H30N2O3/c1-4-25(5-2,24(29)30-6-3)23(28)27-22(20-15-11-8-12-16-20)18-17-21(26-27)19-13-9-7-10-14-19/h7-16,22H,4-6,17-18H2,1-3H3. The monoisotopic (exact) mass is 406 g/mol. The zero-order valence-electron chi connectivity index (χ0n) is 18.0. The van der Waals surface area contributed by atoms with Gasteiger partial charge in [-0.1, -0.05) is 74.5 Å². The number of nitrogens with zero attached hydrogens (tertiary/aromatic N) is 2. The molecule has 1 atom stereocenters. The quantitative estimate of drug-likeness (QED) is 0.473. The van der Waals surface area contributed by atoms with Crippen LogP contribution in [-0.4, -0.2) is 29.2 Å². The lowest BCUT2D eigenvalue weighted by Crippen LogP contribution is -2.49. The molecule has 5 heteroatoms. The van der Waals surface area contributed by atoms with Gasteiger partial charge in [0.25, 0.3) is 5.91 Å². The number of ether oxygens (including phenoxy) is 1. The number of amides is 1. The van der Waals surface area contributed by atoms with Crippen LogP contribution in [0.3, 0.4) is 0 Å². The molecule has 0 spiro atoms. The molecule has 30 heavy (non-hydrogen) atoms. The lowest BCUT2D eigenvalue weighted by molar-refractivity contribution is -0.167. The predicted molar refractivity (Wildman–Crippen MR) is 118 cm³/mol. The van der Waals surface area contributed by atoms with Crippen LogP contribution in [0.25, 0.3) is 0 Å². The van der Waals surface area contributed by atoms with Gasteiger partial charge in [-0.2, -0.15) is 5.10 Å². The third kappa shape index (κ3) is 4.16. The topological polar surface area (TPSA) is 59.0 Å². The van der Waals surface area contributed by atoms with Crippen LogP contribution < -0.4 is 0 Å². The Morgan fingerprint density at radius 3 is 2.17 bits per heavy atom. The van der Waals surface area contributed by atoms with Gasteiger partial charge in [-0.3, -0.25) is 9.59 Å². The molecule has 5 nitrogen and oxygen atoms in total. The molecule has 0 aliphatic carbocycles. The highest BCUT2D eigenvalue weighted by molar-refractivity contribution is 6.05. The summed E-state index contributed by atoms with van der Waals surface area (Å²) in [6, 6.07) is 19.6. The molecule has 3 rings (SSSR count). The third-order valence-corrected chi connectivity index (χ3v) is 5.96. The Hall–Kier alpha value is -2.95. The summed E-state index contributed by atoms with van der Waals surface area (Å²) in [5, 5.41) is 6.35. The number of rotatable bonds is 7. The van der Waals surface area contributed by atoms with Gasteiger partial charge in [0, 0.05) is 0 Å². The van der Waals surface area contributed by atoms with Crippen molar-refractivity contribution in [3.05, 3.63) is 71.8 Å². The Labute approximate surface area is 178 Å². The van der Waals surface area contributed by atoms with E-state index in [0.29, 0.717) is 12.8 Å². The molecular formula is C25H30N2O3. The summed E-state index contributed by atoms with van der Waals surface area (Å²) in [4.78, 5) is 26.8. The van der Waals surface area contributed by atoms with E-state index in [1.807, 2.05) is 74.5 Å². The Morgan fingerprint density at radius 1 is 1.00 bits per heavy atom. The molecule has 1 unspecified atom stereocenters. The van der Waals surface area contributed by atoms with Gasteiger partial charge in [0.1, 0.15) is 5.41 Å². The number of benzene rings is 2. The molecular weight excluding hydrogens is 376 g/mol. The SMILES string of the molecule is CCOC(=O)C(CC)(CC)C(=O)N1N=C(c2ccccc2)CCC1c1ccccc1. The first-order chi connectivity index (χ1) is 14.6. The molecule has 158 valence electrons. The van der Waals surface area contributed by atoms with Gasteiger partial charge in [0.15, 0.2) is 0 Å². The molecule has 1 aliphatic rings. The van der Waals surface area contributed by atoms with Crippen LogP contribution in [0.15, 0.2) is 65.8 Å². The van der Waals surface area contributed by atoms with Gasteiger partial charge in [-0.25, -0.2) is 5.01 Å². The van der Waals surface area contributed by atoms with Crippen LogP contribution in [0.5, 0.6) is 0 Å². The largest absolute Gasteiger partial charge is 0.465 e. The summed E-state index contributed by atoms with van der Waals surface area (Å²) >= 11 is 0. The summed E-state index contributed by atoms with van der Waals surface area (Å²) in [6.07, 6.45) is 2.25. The van der Waals surface area contributed by atoms with Crippen LogP contribution in [0.2, 0.25) is 0 Å². The van der Waals surface area contributed by atoms with E-state index in [1.165, 1.54) is 0 Å². The van der Waals surface area contributed by atoms with Gasteiger partial charge in [0.05, 0.1) is 18.4 Å². The summed E-state index contributed by atoms with van der Waals surface area (Å²) in [7, 11) is 0. The Balaban J connectivity index is 2.07. The van der Waals surface area contributed by atoms with Crippen LogP contribution in [0, 0.1) is 5.41 Å². The molecule has 1 aliphatic heterocycles. The lowest BCUT2D eigenvalue weighted by atomic mass is 9.80. The Kier molecular flexibility index (Phi) is 7.03. The van der Waals surface area contributed by atoms with Gasteiger partial charge < -0.3 is 4.74 Å². The van der Waals surface area contributed by atoms with E-state index in [1.54, 1.807) is 11.9 Å². The fraction of sp³-hybridized carbons (Fsp3) is 0.400. The Bertz CT molecular complexity index is 889. The van der Waals surface area contributed by atoms with Crippen LogP contribution in [-0.2, 0) is 14.3 Å². The molecule has 2 aromatic carbocycles. The minimum Gasteiger partial charge on any atom is -0.465 e. The maximum absolute atomic E-state index is 13.9. The summed E-state index contributed by atoms with van der Waals surface area (Å²) in [5.74, 6) is -0.748. The van der Waals surface area contributed by atoms with Crippen LogP contribution in [0.1, 0.15) is 63.6 Å². The zero-order chi connectivity index (χ0) is 21.6. The van der Waals surface area contributed by atoms with Crippen molar-refractivity contribution in [2.24, 2.45) is 10.5 Å². The molecule has 1 amide bonds. The second kappa shape index (κ2) is 9.70. The predicted octanol–water partition coefficient (Wildman–Crippen LogP) is 5.12. The number of esters is 1. The van der Waals surface area contributed by atoms with E-state index in [9.17, 15) is 9.59 Å². The summed E-state index contributed by atoms with van der Waals surface area (Å²) < 4.78 is 5.32. The fourth-order valence-electron chi connectivity index (χ4n) is 4.07. The highest BCUT2D eigenvalue weighted by Gasteiger charge is 2.49. The normalized spacial score (nSPS) is 16.7. The minimum absolute atomic E-state index is 0.210. The van der Waals surface area contributed by atoms with E-state index in [4.69, 9.17) is 9.84 Å². The number of hydrogen-bond donors (Lipinski definition) is 0. The van der Waals surface area contributed by atoms with Crippen LogP contribution in [0.4, 0.5) is 0 Å². The lowest BCUT2D eigenvalue weighted by Gasteiger charge is -2.38. The number of hydrazone groups is 1. The zero-order valence-corrected chi connectivity index (χ0v) is 18.0. The smallest absolute Gasteiger partial charge is 0.321 e. The summed E-state index contributed by atoms with van der Waals surface area (Å²) in [6.45, 7) is 5.73. The van der Waals surface area contributed by atoms with Gasteiger partial charge in [-0.15, -0.1) is 0 Å². The van der Waals surface area contributed by atoms with E-state index in [0.717, 1.165) is 29.7 Å². The van der Waals surface area contributed by atoms with Crippen molar-refractivity contribution >= 4 is 17.6 Å². The molecule has 0 saturated carbocycles. The fourth-order valence-corrected chi connectivity index (χ4v) is 4.07. The van der Waals surface area contributed by atoms with Crippen molar-refractivity contribution in [1.82, 2.24) is 5.01 Å². The van der Waals surface area contributed by atoms with Crippen molar-refractivity contribution in [2.75, 3.05) is 6.61 Å². The number of hydrogen-bond acceptors (Lipinski definition) is 4. The molecule has 0 saturated heterocycles. The highest BCUT2D eigenvalue weighted by Crippen LogP contribution is 2.38. The van der Waals surface area contributed by atoms with Crippen molar-refractivity contribution in [3.63, 3.8) is 0 Å². The second-order valence-electron chi connectivity index (χ2n) is 7.54. The number of carbonyl (C=O) groups is 2. The molecule has 0 bridgehead atoms. The van der Waals surface area contributed by atoms with Crippen molar-refractivity contribution in [2.45, 2.75) is 52.5 Å². The maximum atomic E-state index is 13.9. The highest BCUT2D eigenvalue weighted by atomic mass is 16.5. The Morgan fingerprint density at radius 2 is 1.60 bits per heavy atom. The summed E-state index contributed by atoms with van der Waals surface area (Å²) in [5.41, 5.74) is 1.65. The van der Waals surface area contributed by atoms with Crippen molar-refractivity contribution < 1.29 is 14.3 Å². The molecule has 0 aromatic heterocycles. The number of carbonyl (C=O) groups excluding carboxylic acids is 2. The van der Waals surface area contributed by atoms with E-state index < -0.39 is 11.4 Å². The molecule has 0 radical (unpaired) electrons. The van der Waals surface area contributed by atoms with E-state index >= 15 is 0 Å². The second-order valence-corrected chi connectivity index (χ2v) is 7.54. The van der Waals surface area contributed by atoms with Crippen molar-refractivity contribution in [3.8, 4) is 0 Å². The molecule has 0 N–H and O–H groups in total. The molecule has 0 fully saturated rings. The minimum atomic E-state index is -1.23. The average molecular weight is 407 g/mol. The van der Waals surface area contributed by atoms with E-state index in [2.05, 4.69) is 0 Å². The van der Waals surface area contributed by atoms with Gasteiger partial charge in [0.2, 0.25) is 0 Å². The third-order valence-electron chi connectivity index (χ3n) is 5.96. The van der Waals surface area contributed by atoms with Crippen molar-refractivity contribution in [1.29, 1.82) is 0 Å². The average Bonchev–Trinajstić information content (AvgIpc) is 2.81. The first-order valence-corrected chi connectivity index (χ1v) is 10.8. The van der Waals surface area contributed by atoms with Gasteiger partial charge in [-0.05, 0) is 43.7 Å². The first kappa shape index (κ1) is 21.8.